The van der Waals surface area contributed by atoms with Crippen LogP contribution in [-0.4, -0.2) is 4.99 Å². The molecular weight excluding hydrogens is 346 g/mol. The summed E-state index contributed by atoms with van der Waals surface area (Å²) in [6.45, 7) is 6.55. The molecule has 2 aromatic carbocycles. The highest BCUT2D eigenvalue weighted by Gasteiger charge is 2.14. The molecule has 0 spiro atoms. The standard InChI is InChI=1S/C17H18BrNOS/c1-17(2,3)11-4-7-13(8-5-11)20-15-9-6-12(18)10-14(15)16(19)21/h4-10H,1-3H3,(H2,19,21). The van der Waals surface area contributed by atoms with Gasteiger partial charge in [0.15, 0.2) is 0 Å². The second kappa shape index (κ2) is 6.16. The van der Waals surface area contributed by atoms with Crippen LogP contribution in [-0.2, 0) is 5.41 Å². The quantitative estimate of drug-likeness (QED) is 0.763. The monoisotopic (exact) mass is 363 g/mol. The van der Waals surface area contributed by atoms with E-state index in [0.717, 1.165) is 15.8 Å². The van der Waals surface area contributed by atoms with Crippen LogP contribution in [0.1, 0.15) is 31.9 Å². The lowest BCUT2D eigenvalue weighted by atomic mass is 9.87. The Morgan fingerprint density at radius 2 is 1.71 bits per heavy atom. The maximum Gasteiger partial charge on any atom is 0.137 e. The second-order valence-electron chi connectivity index (χ2n) is 5.88. The molecule has 2 rings (SSSR count). The number of benzene rings is 2. The largest absolute Gasteiger partial charge is 0.457 e. The molecule has 0 aliphatic carbocycles. The second-order valence-corrected chi connectivity index (χ2v) is 7.24. The Kier molecular flexibility index (Phi) is 4.69. The van der Waals surface area contributed by atoms with Gasteiger partial charge in [0.1, 0.15) is 16.5 Å². The number of halogens is 1. The molecule has 2 aromatic rings. The van der Waals surface area contributed by atoms with E-state index in [1.807, 2.05) is 30.3 Å². The van der Waals surface area contributed by atoms with Crippen LogP contribution in [0.3, 0.4) is 0 Å². The van der Waals surface area contributed by atoms with Crippen molar-refractivity contribution < 1.29 is 4.74 Å². The summed E-state index contributed by atoms with van der Waals surface area (Å²) in [6.07, 6.45) is 0. The van der Waals surface area contributed by atoms with Crippen molar-refractivity contribution in [3.05, 3.63) is 58.1 Å². The first-order valence-electron chi connectivity index (χ1n) is 6.65. The zero-order chi connectivity index (χ0) is 15.6. The van der Waals surface area contributed by atoms with Crippen molar-refractivity contribution in [3.8, 4) is 11.5 Å². The van der Waals surface area contributed by atoms with Crippen LogP contribution in [0.4, 0.5) is 0 Å². The average molecular weight is 364 g/mol. The third kappa shape index (κ3) is 4.05. The minimum atomic E-state index is 0.125. The van der Waals surface area contributed by atoms with Crippen molar-refractivity contribution in [1.82, 2.24) is 0 Å². The topological polar surface area (TPSA) is 35.2 Å². The molecule has 110 valence electrons. The van der Waals surface area contributed by atoms with Gasteiger partial charge in [-0.3, -0.25) is 0 Å². The molecule has 0 heterocycles. The zero-order valence-corrected chi connectivity index (χ0v) is 14.7. The molecule has 0 fully saturated rings. The van der Waals surface area contributed by atoms with Crippen molar-refractivity contribution in [1.29, 1.82) is 0 Å². The lowest BCUT2D eigenvalue weighted by Gasteiger charge is -2.19. The fraction of sp³-hybridized carbons (Fsp3) is 0.235. The molecule has 0 atom stereocenters. The molecule has 0 saturated carbocycles. The summed E-state index contributed by atoms with van der Waals surface area (Å²) in [5, 5.41) is 0. The number of rotatable bonds is 3. The maximum atomic E-state index is 5.91. The highest BCUT2D eigenvalue weighted by atomic mass is 79.9. The van der Waals surface area contributed by atoms with E-state index < -0.39 is 0 Å². The number of ether oxygens (including phenoxy) is 1. The van der Waals surface area contributed by atoms with Gasteiger partial charge in [-0.1, -0.05) is 61.1 Å². The van der Waals surface area contributed by atoms with Gasteiger partial charge in [-0.25, -0.2) is 0 Å². The molecule has 4 heteroatoms. The summed E-state index contributed by atoms with van der Waals surface area (Å²) < 4.78 is 6.82. The minimum absolute atomic E-state index is 0.125. The van der Waals surface area contributed by atoms with Crippen molar-refractivity contribution in [2.75, 3.05) is 0 Å². The van der Waals surface area contributed by atoms with Gasteiger partial charge in [-0.05, 0) is 41.3 Å². The van der Waals surface area contributed by atoms with E-state index in [9.17, 15) is 0 Å². The van der Waals surface area contributed by atoms with Crippen LogP contribution in [0.25, 0.3) is 0 Å². The fourth-order valence-electron chi connectivity index (χ4n) is 1.93. The van der Waals surface area contributed by atoms with Crippen LogP contribution in [0.5, 0.6) is 11.5 Å². The van der Waals surface area contributed by atoms with Crippen molar-refractivity contribution in [2.24, 2.45) is 5.73 Å². The third-order valence-corrected chi connectivity index (χ3v) is 3.87. The van der Waals surface area contributed by atoms with Crippen LogP contribution in [0.2, 0.25) is 0 Å². The van der Waals surface area contributed by atoms with Gasteiger partial charge in [0.05, 0.1) is 5.56 Å². The highest BCUT2D eigenvalue weighted by molar-refractivity contribution is 9.10. The lowest BCUT2D eigenvalue weighted by molar-refractivity contribution is 0.480. The van der Waals surface area contributed by atoms with E-state index in [0.29, 0.717) is 10.7 Å². The molecule has 0 aliphatic heterocycles. The molecule has 0 aliphatic rings. The summed E-state index contributed by atoms with van der Waals surface area (Å²) in [5.41, 5.74) is 7.86. The average Bonchev–Trinajstić information content (AvgIpc) is 2.40. The first-order valence-corrected chi connectivity index (χ1v) is 7.85. The van der Waals surface area contributed by atoms with Gasteiger partial charge in [0.25, 0.3) is 0 Å². The summed E-state index contributed by atoms with van der Waals surface area (Å²) >= 11 is 8.48. The Balaban J connectivity index is 2.28. The van der Waals surface area contributed by atoms with Crippen molar-refractivity contribution in [2.45, 2.75) is 26.2 Å². The van der Waals surface area contributed by atoms with Crippen LogP contribution in [0, 0.1) is 0 Å². The first kappa shape index (κ1) is 16.0. The maximum absolute atomic E-state index is 5.91. The van der Waals surface area contributed by atoms with E-state index in [1.54, 1.807) is 0 Å². The summed E-state index contributed by atoms with van der Waals surface area (Å²) in [4.78, 5) is 0.317. The summed E-state index contributed by atoms with van der Waals surface area (Å²) in [7, 11) is 0. The Morgan fingerprint density at radius 1 is 1.10 bits per heavy atom. The molecule has 0 bridgehead atoms. The van der Waals surface area contributed by atoms with Gasteiger partial charge < -0.3 is 10.5 Å². The van der Waals surface area contributed by atoms with Gasteiger partial charge in [-0.2, -0.15) is 0 Å². The molecule has 0 unspecified atom stereocenters. The Hall–Kier alpha value is -1.39. The Morgan fingerprint density at radius 3 is 2.24 bits per heavy atom. The van der Waals surface area contributed by atoms with Crippen molar-refractivity contribution in [3.63, 3.8) is 0 Å². The molecule has 0 aromatic heterocycles. The fourth-order valence-corrected chi connectivity index (χ4v) is 2.45. The summed E-state index contributed by atoms with van der Waals surface area (Å²) in [5.74, 6) is 1.43. The molecule has 0 amide bonds. The van der Waals surface area contributed by atoms with Gasteiger partial charge in [0.2, 0.25) is 0 Å². The number of thiocarbonyl (C=S) groups is 1. The molecule has 2 N–H and O–H groups in total. The molecule has 0 saturated heterocycles. The number of hydrogen-bond acceptors (Lipinski definition) is 2. The van der Waals surface area contributed by atoms with Crippen LogP contribution >= 0.6 is 28.1 Å². The smallest absolute Gasteiger partial charge is 0.137 e. The van der Waals surface area contributed by atoms with E-state index in [4.69, 9.17) is 22.7 Å². The normalized spacial score (nSPS) is 11.2. The SMILES string of the molecule is CC(C)(C)c1ccc(Oc2ccc(Br)cc2C(N)=S)cc1. The Labute approximate surface area is 139 Å². The van der Waals surface area contributed by atoms with Crippen LogP contribution in [0.15, 0.2) is 46.9 Å². The predicted octanol–water partition coefficient (Wildman–Crippen LogP) is 5.17. The van der Waals surface area contributed by atoms with E-state index in [2.05, 4.69) is 48.8 Å². The lowest BCUT2D eigenvalue weighted by Crippen LogP contribution is -2.11. The van der Waals surface area contributed by atoms with E-state index in [1.165, 1.54) is 5.56 Å². The molecule has 21 heavy (non-hydrogen) atoms. The van der Waals surface area contributed by atoms with E-state index >= 15 is 0 Å². The van der Waals surface area contributed by atoms with Gasteiger partial charge >= 0.3 is 0 Å². The third-order valence-electron chi connectivity index (χ3n) is 3.16. The number of nitrogens with two attached hydrogens (primary N) is 1. The minimum Gasteiger partial charge on any atom is -0.457 e. The molecule has 2 nitrogen and oxygen atoms in total. The van der Waals surface area contributed by atoms with E-state index in [-0.39, 0.29) is 5.41 Å². The molecular formula is C17H18BrNOS. The zero-order valence-electron chi connectivity index (χ0n) is 12.3. The van der Waals surface area contributed by atoms with Gasteiger partial charge in [0, 0.05) is 4.47 Å². The summed E-state index contributed by atoms with van der Waals surface area (Å²) in [6, 6.07) is 13.7. The van der Waals surface area contributed by atoms with Crippen molar-refractivity contribution >= 4 is 33.1 Å². The first-order chi connectivity index (χ1) is 9.77. The van der Waals surface area contributed by atoms with Gasteiger partial charge in [-0.15, -0.1) is 0 Å². The highest BCUT2D eigenvalue weighted by Crippen LogP contribution is 2.30. The Bertz CT molecular complexity index is 659. The van der Waals surface area contributed by atoms with Crippen LogP contribution < -0.4 is 10.5 Å². The predicted molar refractivity (Wildman–Crippen MR) is 95.2 cm³/mol. The number of hydrogen-bond donors (Lipinski definition) is 1. The molecule has 0 radical (unpaired) electrons.